The van der Waals surface area contributed by atoms with Gasteiger partial charge in [0.05, 0.1) is 11.8 Å². The van der Waals surface area contributed by atoms with Crippen LogP contribution >= 0.6 is 0 Å². The predicted octanol–water partition coefficient (Wildman–Crippen LogP) is 1.25. The second-order valence-corrected chi connectivity index (χ2v) is 4.11. The predicted molar refractivity (Wildman–Crippen MR) is 50.5 cm³/mol. The first kappa shape index (κ1) is 9.77. The lowest BCUT2D eigenvalue weighted by molar-refractivity contribution is 0.0919. The van der Waals surface area contributed by atoms with Gasteiger partial charge in [-0.15, -0.1) is 0 Å². The molecule has 0 fully saturated rings. The highest BCUT2D eigenvalue weighted by Crippen LogP contribution is 2.06. The zero-order chi connectivity index (χ0) is 10.1. The number of nitrogens with zero attached hydrogens (tertiary/aromatic N) is 1. The molecule has 0 bridgehead atoms. The number of aromatic amines is 1. The minimum absolute atomic E-state index is 0.0845. The lowest BCUT2D eigenvalue weighted by Gasteiger charge is -2.20. The molecule has 4 heteroatoms. The number of aryl methyl sites for hydroxylation is 1. The van der Waals surface area contributed by atoms with E-state index in [0.717, 1.165) is 5.69 Å². The second kappa shape index (κ2) is 3.20. The lowest BCUT2D eigenvalue weighted by Crippen LogP contribution is -2.40. The maximum Gasteiger partial charge on any atom is 0.255 e. The summed E-state index contributed by atoms with van der Waals surface area (Å²) in [5.41, 5.74) is 1.19. The maximum absolute atomic E-state index is 11.6. The number of hydrogen-bond donors (Lipinski definition) is 2. The molecule has 0 radical (unpaired) electrons. The zero-order valence-electron chi connectivity index (χ0n) is 8.43. The first-order chi connectivity index (χ1) is 5.90. The fourth-order valence-corrected chi connectivity index (χ4v) is 0.988. The molecule has 0 atom stereocenters. The molecule has 1 aromatic heterocycles. The van der Waals surface area contributed by atoms with Gasteiger partial charge in [0.2, 0.25) is 0 Å². The molecule has 72 valence electrons. The van der Waals surface area contributed by atoms with Crippen molar-refractivity contribution >= 4 is 5.91 Å². The van der Waals surface area contributed by atoms with E-state index < -0.39 is 0 Å². The quantitative estimate of drug-likeness (QED) is 0.685. The summed E-state index contributed by atoms with van der Waals surface area (Å²) in [4.78, 5) is 11.6. The van der Waals surface area contributed by atoms with Crippen LogP contribution in [0.4, 0.5) is 0 Å². The summed E-state index contributed by atoms with van der Waals surface area (Å²) in [6.45, 7) is 7.66. The fraction of sp³-hybridized carbons (Fsp3) is 0.556. The number of nitrogens with one attached hydrogen (secondary N) is 2. The smallest absolute Gasteiger partial charge is 0.255 e. The average molecular weight is 181 g/mol. The third-order valence-electron chi connectivity index (χ3n) is 1.56. The molecule has 0 saturated carbocycles. The normalized spacial score (nSPS) is 11.4. The number of carbonyl (C=O) groups is 1. The highest BCUT2D eigenvalue weighted by Gasteiger charge is 2.17. The first-order valence-electron chi connectivity index (χ1n) is 4.22. The Kier molecular flexibility index (Phi) is 2.40. The number of amides is 1. The summed E-state index contributed by atoms with van der Waals surface area (Å²) < 4.78 is 0. The Morgan fingerprint density at radius 1 is 1.54 bits per heavy atom. The van der Waals surface area contributed by atoms with Crippen molar-refractivity contribution in [2.24, 2.45) is 0 Å². The third-order valence-corrected chi connectivity index (χ3v) is 1.56. The van der Waals surface area contributed by atoms with Gasteiger partial charge in [-0.05, 0) is 27.7 Å². The van der Waals surface area contributed by atoms with Crippen molar-refractivity contribution in [2.75, 3.05) is 0 Å². The van der Waals surface area contributed by atoms with E-state index in [0.29, 0.717) is 5.56 Å². The summed E-state index contributed by atoms with van der Waals surface area (Å²) in [7, 11) is 0. The van der Waals surface area contributed by atoms with E-state index in [1.807, 2.05) is 27.7 Å². The van der Waals surface area contributed by atoms with E-state index in [4.69, 9.17) is 0 Å². The average Bonchev–Trinajstić information content (AvgIpc) is 2.30. The fourth-order valence-electron chi connectivity index (χ4n) is 0.988. The van der Waals surface area contributed by atoms with Gasteiger partial charge in [0.1, 0.15) is 0 Å². The molecule has 0 aliphatic rings. The summed E-state index contributed by atoms with van der Waals surface area (Å²) in [6, 6.07) is 0. The molecule has 1 heterocycles. The van der Waals surface area contributed by atoms with Crippen molar-refractivity contribution in [3.63, 3.8) is 0 Å². The SMILES string of the molecule is Cc1[nH]ncc1C(=O)NC(C)(C)C. The number of aromatic nitrogens is 2. The molecule has 1 aromatic rings. The number of hydrogen-bond acceptors (Lipinski definition) is 2. The molecular weight excluding hydrogens is 166 g/mol. The highest BCUT2D eigenvalue weighted by molar-refractivity contribution is 5.95. The Morgan fingerprint density at radius 2 is 2.15 bits per heavy atom. The van der Waals surface area contributed by atoms with Gasteiger partial charge in [-0.2, -0.15) is 5.10 Å². The standard InChI is InChI=1S/C9H15N3O/c1-6-7(5-10-12-6)8(13)11-9(2,3)4/h5H,1-4H3,(H,10,12)(H,11,13). The Bertz CT molecular complexity index is 309. The van der Waals surface area contributed by atoms with Crippen LogP contribution in [0, 0.1) is 6.92 Å². The van der Waals surface area contributed by atoms with Crippen LogP contribution in [0.15, 0.2) is 6.20 Å². The Balaban J connectivity index is 2.76. The van der Waals surface area contributed by atoms with E-state index in [2.05, 4.69) is 15.5 Å². The zero-order valence-corrected chi connectivity index (χ0v) is 8.43. The van der Waals surface area contributed by atoms with Gasteiger partial charge in [-0.25, -0.2) is 0 Å². The van der Waals surface area contributed by atoms with Crippen LogP contribution < -0.4 is 5.32 Å². The molecule has 1 rings (SSSR count). The molecule has 13 heavy (non-hydrogen) atoms. The van der Waals surface area contributed by atoms with Crippen molar-refractivity contribution in [1.29, 1.82) is 0 Å². The van der Waals surface area contributed by atoms with E-state index >= 15 is 0 Å². The summed E-state index contributed by atoms with van der Waals surface area (Å²) in [6.07, 6.45) is 1.54. The van der Waals surface area contributed by atoms with Crippen molar-refractivity contribution in [1.82, 2.24) is 15.5 Å². The molecule has 0 aliphatic carbocycles. The van der Waals surface area contributed by atoms with Gasteiger partial charge in [0, 0.05) is 11.2 Å². The molecule has 0 saturated heterocycles. The molecule has 0 aliphatic heterocycles. The van der Waals surface area contributed by atoms with Gasteiger partial charge in [-0.3, -0.25) is 9.89 Å². The van der Waals surface area contributed by atoms with Gasteiger partial charge in [-0.1, -0.05) is 0 Å². The maximum atomic E-state index is 11.6. The van der Waals surface area contributed by atoms with Gasteiger partial charge < -0.3 is 5.32 Å². The highest BCUT2D eigenvalue weighted by atomic mass is 16.1. The van der Waals surface area contributed by atoms with Crippen LogP contribution in [0.25, 0.3) is 0 Å². The summed E-state index contributed by atoms with van der Waals surface area (Å²) in [5.74, 6) is -0.0845. The molecule has 2 N–H and O–H groups in total. The first-order valence-corrected chi connectivity index (χ1v) is 4.22. The van der Waals surface area contributed by atoms with Crippen molar-refractivity contribution in [2.45, 2.75) is 33.2 Å². The molecule has 0 spiro atoms. The topological polar surface area (TPSA) is 57.8 Å². The minimum atomic E-state index is -0.208. The second-order valence-electron chi connectivity index (χ2n) is 4.11. The van der Waals surface area contributed by atoms with Gasteiger partial charge >= 0.3 is 0 Å². The third kappa shape index (κ3) is 2.57. The molecular formula is C9H15N3O. The molecule has 0 aromatic carbocycles. The number of rotatable bonds is 1. The Labute approximate surface area is 77.7 Å². The van der Waals surface area contributed by atoms with E-state index in [9.17, 15) is 4.79 Å². The van der Waals surface area contributed by atoms with Crippen LogP contribution in [-0.4, -0.2) is 21.6 Å². The molecule has 4 nitrogen and oxygen atoms in total. The lowest BCUT2D eigenvalue weighted by atomic mass is 10.1. The summed E-state index contributed by atoms with van der Waals surface area (Å²) >= 11 is 0. The number of carbonyl (C=O) groups excluding carboxylic acids is 1. The van der Waals surface area contributed by atoms with Crippen LogP contribution in [0.2, 0.25) is 0 Å². The molecule has 1 amide bonds. The van der Waals surface area contributed by atoms with Crippen LogP contribution in [0.1, 0.15) is 36.8 Å². The van der Waals surface area contributed by atoms with Crippen LogP contribution in [0.3, 0.4) is 0 Å². The van der Waals surface area contributed by atoms with Crippen LogP contribution in [-0.2, 0) is 0 Å². The Morgan fingerprint density at radius 3 is 2.54 bits per heavy atom. The van der Waals surface area contributed by atoms with E-state index in [1.165, 1.54) is 6.20 Å². The van der Waals surface area contributed by atoms with Crippen molar-refractivity contribution in [3.8, 4) is 0 Å². The monoisotopic (exact) mass is 181 g/mol. The largest absolute Gasteiger partial charge is 0.347 e. The Hall–Kier alpha value is -1.32. The minimum Gasteiger partial charge on any atom is -0.347 e. The van der Waals surface area contributed by atoms with Crippen molar-refractivity contribution < 1.29 is 4.79 Å². The van der Waals surface area contributed by atoms with E-state index in [1.54, 1.807) is 0 Å². The number of H-pyrrole nitrogens is 1. The van der Waals surface area contributed by atoms with Gasteiger partial charge in [0.25, 0.3) is 5.91 Å². The van der Waals surface area contributed by atoms with Gasteiger partial charge in [0.15, 0.2) is 0 Å². The van der Waals surface area contributed by atoms with E-state index in [-0.39, 0.29) is 11.4 Å². The van der Waals surface area contributed by atoms with Crippen molar-refractivity contribution in [3.05, 3.63) is 17.5 Å². The molecule has 0 unspecified atom stereocenters. The van der Waals surface area contributed by atoms with Crippen LogP contribution in [0.5, 0.6) is 0 Å². The summed E-state index contributed by atoms with van der Waals surface area (Å²) in [5, 5.41) is 9.37.